The van der Waals surface area contributed by atoms with Crippen LogP contribution in [0.5, 0.6) is 11.5 Å². The minimum absolute atomic E-state index is 0.431. The first-order chi connectivity index (χ1) is 14.2. The van der Waals surface area contributed by atoms with Crippen LogP contribution in [0.15, 0.2) is 71.8 Å². The van der Waals surface area contributed by atoms with Crippen molar-refractivity contribution in [1.29, 1.82) is 0 Å². The van der Waals surface area contributed by atoms with Gasteiger partial charge >= 0.3 is 0 Å². The number of para-hydroxylation sites is 1. The average molecular weight is 424 g/mol. The zero-order chi connectivity index (χ0) is 20.1. The van der Waals surface area contributed by atoms with Crippen LogP contribution in [0.2, 0.25) is 5.02 Å². The Morgan fingerprint density at radius 2 is 1.90 bits per heavy atom. The molecule has 0 saturated heterocycles. The van der Waals surface area contributed by atoms with Gasteiger partial charge in [0, 0.05) is 5.02 Å². The number of nitrogens with one attached hydrogen (secondary N) is 1. The first-order valence-corrected chi connectivity index (χ1v) is 10.1. The van der Waals surface area contributed by atoms with Crippen molar-refractivity contribution in [2.75, 3.05) is 12.5 Å². The highest BCUT2D eigenvalue weighted by molar-refractivity contribution is 7.22. The average Bonchev–Trinajstić information content (AvgIpc) is 3.16. The van der Waals surface area contributed by atoms with Crippen LogP contribution in [-0.2, 0) is 6.61 Å². The number of methoxy groups -OCH3 is 1. The zero-order valence-electron chi connectivity index (χ0n) is 15.6. The van der Waals surface area contributed by atoms with Crippen molar-refractivity contribution in [2.24, 2.45) is 5.10 Å². The molecule has 7 heteroatoms. The number of nitrogens with zero attached hydrogens (tertiary/aromatic N) is 2. The Balaban J connectivity index is 1.41. The Labute approximate surface area is 177 Å². The van der Waals surface area contributed by atoms with E-state index in [1.807, 2.05) is 66.7 Å². The summed E-state index contributed by atoms with van der Waals surface area (Å²) in [6, 6.07) is 21.2. The van der Waals surface area contributed by atoms with E-state index < -0.39 is 0 Å². The third-order valence-corrected chi connectivity index (χ3v) is 5.36. The third kappa shape index (κ3) is 4.85. The van der Waals surface area contributed by atoms with Crippen LogP contribution < -0.4 is 14.9 Å². The monoisotopic (exact) mass is 423 g/mol. The van der Waals surface area contributed by atoms with Crippen molar-refractivity contribution in [1.82, 2.24) is 4.98 Å². The maximum Gasteiger partial charge on any atom is 0.204 e. The highest BCUT2D eigenvalue weighted by Crippen LogP contribution is 2.29. The minimum Gasteiger partial charge on any atom is -0.493 e. The van der Waals surface area contributed by atoms with Gasteiger partial charge in [-0.1, -0.05) is 47.2 Å². The summed E-state index contributed by atoms with van der Waals surface area (Å²) in [7, 11) is 1.62. The van der Waals surface area contributed by atoms with Crippen LogP contribution in [0.4, 0.5) is 5.13 Å². The molecule has 1 heterocycles. The number of hydrazone groups is 1. The molecule has 4 aromatic rings. The lowest BCUT2D eigenvalue weighted by molar-refractivity contribution is 0.284. The van der Waals surface area contributed by atoms with Crippen molar-refractivity contribution < 1.29 is 9.47 Å². The SMILES string of the molecule is COc1cc(/C=N/Nc2nc3ccccc3s2)ccc1OCc1ccc(Cl)cc1. The normalized spacial score (nSPS) is 11.1. The lowest BCUT2D eigenvalue weighted by atomic mass is 10.2. The van der Waals surface area contributed by atoms with E-state index in [2.05, 4.69) is 15.5 Å². The Hall–Kier alpha value is -3.09. The summed E-state index contributed by atoms with van der Waals surface area (Å²) in [6.45, 7) is 0.431. The van der Waals surface area contributed by atoms with Gasteiger partial charge in [0.25, 0.3) is 0 Å². The van der Waals surface area contributed by atoms with Crippen molar-refractivity contribution in [3.63, 3.8) is 0 Å². The molecule has 0 aliphatic carbocycles. The predicted molar refractivity (Wildman–Crippen MR) is 120 cm³/mol. The Morgan fingerprint density at radius 1 is 1.07 bits per heavy atom. The number of halogens is 1. The molecule has 146 valence electrons. The molecule has 1 aromatic heterocycles. The summed E-state index contributed by atoms with van der Waals surface area (Å²) in [6.07, 6.45) is 1.72. The third-order valence-electron chi connectivity index (χ3n) is 4.16. The summed E-state index contributed by atoms with van der Waals surface area (Å²) in [5.41, 5.74) is 5.85. The van der Waals surface area contributed by atoms with Gasteiger partial charge in [0.2, 0.25) is 5.13 Å². The number of ether oxygens (including phenoxy) is 2. The summed E-state index contributed by atoms with van der Waals surface area (Å²) in [5.74, 6) is 1.31. The first-order valence-electron chi connectivity index (χ1n) is 8.91. The molecule has 0 aliphatic heterocycles. The van der Waals surface area contributed by atoms with E-state index in [1.165, 1.54) is 0 Å². The molecule has 3 aromatic carbocycles. The molecule has 0 fully saturated rings. The summed E-state index contributed by atoms with van der Waals surface area (Å²) in [4.78, 5) is 4.49. The van der Waals surface area contributed by atoms with E-state index in [9.17, 15) is 0 Å². The molecular weight excluding hydrogens is 406 g/mol. The van der Waals surface area contributed by atoms with Gasteiger partial charge in [-0.2, -0.15) is 5.10 Å². The number of thiazole rings is 1. The van der Waals surface area contributed by atoms with E-state index in [-0.39, 0.29) is 0 Å². The van der Waals surface area contributed by atoms with Gasteiger partial charge in [-0.25, -0.2) is 4.98 Å². The zero-order valence-corrected chi connectivity index (χ0v) is 17.2. The van der Waals surface area contributed by atoms with Gasteiger partial charge in [-0.05, 0) is 53.6 Å². The van der Waals surface area contributed by atoms with Gasteiger partial charge in [0.05, 0.1) is 23.5 Å². The highest BCUT2D eigenvalue weighted by Gasteiger charge is 2.06. The molecule has 0 aliphatic rings. The highest BCUT2D eigenvalue weighted by atomic mass is 35.5. The second kappa shape index (κ2) is 8.94. The molecule has 0 bridgehead atoms. The van der Waals surface area contributed by atoms with Gasteiger partial charge in [0.1, 0.15) is 6.61 Å². The maximum atomic E-state index is 5.91. The van der Waals surface area contributed by atoms with Crippen LogP contribution in [0.1, 0.15) is 11.1 Å². The van der Waals surface area contributed by atoms with Crippen molar-refractivity contribution in [3.05, 3.63) is 82.9 Å². The molecule has 0 spiro atoms. The van der Waals surface area contributed by atoms with Gasteiger partial charge < -0.3 is 9.47 Å². The molecule has 0 radical (unpaired) electrons. The maximum absolute atomic E-state index is 5.91. The number of fused-ring (bicyclic) bond motifs is 1. The van der Waals surface area contributed by atoms with Crippen LogP contribution >= 0.6 is 22.9 Å². The fourth-order valence-corrected chi connectivity index (χ4v) is 3.65. The number of hydrogen-bond donors (Lipinski definition) is 1. The van der Waals surface area contributed by atoms with E-state index in [1.54, 1.807) is 24.7 Å². The minimum atomic E-state index is 0.431. The van der Waals surface area contributed by atoms with Crippen molar-refractivity contribution in [2.45, 2.75) is 6.61 Å². The van der Waals surface area contributed by atoms with Gasteiger partial charge in [-0.15, -0.1) is 0 Å². The summed E-state index contributed by atoms with van der Waals surface area (Å²) < 4.78 is 12.5. The lowest BCUT2D eigenvalue weighted by Gasteiger charge is -2.11. The molecule has 1 N–H and O–H groups in total. The Kier molecular flexibility index (Phi) is 5.93. The van der Waals surface area contributed by atoms with Crippen LogP contribution in [0.25, 0.3) is 10.2 Å². The van der Waals surface area contributed by atoms with Crippen LogP contribution in [0.3, 0.4) is 0 Å². The molecule has 4 rings (SSSR count). The van der Waals surface area contributed by atoms with E-state index in [0.717, 1.165) is 26.5 Å². The lowest BCUT2D eigenvalue weighted by Crippen LogP contribution is -1.98. The topological polar surface area (TPSA) is 55.7 Å². The number of hydrogen-bond acceptors (Lipinski definition) is 6. The summed E-state index contributed by atoms with van der Waals surface area (Å²) in [5, 5.41) is 5.73. The fourth-order valence-electron chi connectivity index (χ4n) is 2.71. The first kappa shape index (κ1) is 19.2. The van der Waals surface area contributed by atoms with E-state index >= 15 is 0 Å². The largest absolute Gasteiger partial charge is 0.493 e. The molecular formula is C22H18ClN3O2S. The standard InChI is InChI=1S/C22H18ClN3O2S/c1-27-20-12-16(8-11-19(20)28-14-15-6-9-17(23)10-7-15)13-24-26-22-25-18-4-2-3-5-21(18)29-22/h2-13H,14H2,1H3,(H,25,26)/b24-13+. The quantitative estimate of drug-likeness (QED) is 0.293. The predicted octanol–water partition coefficient (Wildman–Crippen LogP) is 5.98. The second-order valence-electron chi connectivity index (χ2n) is 6.18. The smallest absolute Gasteiger partial charge is 0.204 e. The molecule has 0 unspecified atom stereocenters. The second-order valence-corrected chi connectivity index (χ2v) is 7.65. The Bertz CT molecular complexity index is 1110. The van der Waals surface area contributed by atoms with Crippen LogP contribution in [0, 0.1) is 0 Å². The van der Waals surface area contributed by atoms with E-state index in [4.69, 9.17) is 21.1 Å². The molecule has 5 nitrogen and oxygen atoms in total. The number of anilines is 1. The molecule has 0 atom stereocenters. The molecule has 0 saturated carbocycles. The van der Waals surface area contributed by atoms with Gasteiger partial charge in [-0.3, -0.25) is 5.43 Å². The van der Waals surface area contributed by atoms with Crippen molar-refractivity contribution >= 4 is 44.5 Å². The van der Waals surface area contributed by atoms with Crippen LogP contribution in [-0.4, -0.2) is 18.3 Å². The number of aromatic nitrogens is 1. The number of rotatable bonds is 7. The van der Waals surface area contributed by atoms with Crippen molar-refractivity contribution in [3.8, 4) is 11.5 Å². The Morgan fingerprint density at radius 3 is 2.69 bits per heavy atom. The summed E-state index contributed by atoms with van der Waals surface area (Å²) >= 11 is 7.47. The molecule has 0 amide bonds. The van der Waals surface area contributed by atoms with E-state index in [0.29, 0.717) is 23.1 Å². The fraction of sp³-hybridized carbons (Fsp3) is 0.0909. The number of benzene rings is 3. The van der Waals surface area contributed by atoms with Gasteiger partial charge in [0.15, 0.2) is 11.5 Å². The molecule has 29 heavy (non-hydrogen) atoms.